The number of hydrogen-bond acceptors (Lipinski definition) is 3. The fraction of sp³-hybridized carbons (Fsp3) is 0.818. The van der Waals surface area contributed by atoms with Crippen molar-refractivity contribution in [3.63, 3.8) is 0 Å². The Hall–Kier alpha value is -1.11. The maximum absolute atomic E-state index is 12.7. The molecule has 2 N–H and O–H groups in total. The zero-order chi connectivity index (χ0) is 13.3. The second-order valence-corrected chi connectivity index (χ2v) is 4.83. The Bertz CT molecular complexity index is 409. The molecule has 1 aromatic rings. The summed E-state index contributed by atoms with van der Waals surface area (Å²) in [6.45, 7) is 1.48. The van der Waals surface area contributed by atoms with E-state index in [0.29, 0.717) is 36.7 Å². The highest BCUT2D eigenvalue weighted by atomic mass is 19.4. The fourth-order valence-corrected chi connectivity index (χ4v) is 1.93. The molecule has 1 fully saturated rings. The van der Waals surface area contributed by atoms with Crippen molar-refractivity contribution in [3.8, 4) is 0 Å². The molecule has 0 spiro atoms. The van der Waals surface area contributed by atoms with Gasteiger partial charge < -0.3 is 5.73 Å². The third kappa shape index (κ3) is 2.82. The third-order valence-electron chi connectivity index (χ3n) is 3.27. The van der Waals surface area contributed by atoms with E-state index >= 15 is 0 Å². The molecule has 2 rings (SSSR count). The summed E-state index contributed by atoms with van der Waals surface area (Å²) in [5.74, 6) is 0.485. The van der Waals surface area contributed by atoms with Crippen molar-refractivity contribution in [3.05, 3.63) is 11.4 Å². The molecule has 1 aliphatic carbocycles. The number of nitrogens with zero attached hydrogens (tertiary/aromatic N) is 3. The van der Waals surface area contributed by atoms with Gasteiger partial charge in [0.05, 0.1) is 11.4 Å². The van der Waals surface area contributed by atoms with Crippen LogP contribution in [-0.2, 0) is 12.8 Å². The number of nitrogens with two attached hydrogens (primary N) is 1. The summed E-state index contributed by atoms with van der Waals surface area (Å²) in [6.07, 6.45) is -1.04. The van der Waals surface area contributed by atoms with Crippen LogP contribution in [0.15, 0.2) is 0 Å². The van der Waals surface area contributed by atoms with E-state index in [9.17, 15) is 13.2 Å². The van der Waals surface area contributed by atoms with Gasteiger partial charge in [-0.3, -0.25) is 0 Å². The van der Waals surface area contributed by atoms with E-state index in [0.717, 1.165) is 24.4 Å². The van der Waals surface area contributed by atoms with Gasteiger partial charge >= 0.3 is 6.18 Å². The zero-order valence-corrected chi connectivity index (χ0v) is 10.2. The topological polar surface area (TPSA) is 56.7 Å². The van der Waals surface area contributed by atoms with E-state index in [1.807, 2.05) is 0 Å². The van der Waals surface area contributed by atoms with Crippen LogP contribution in [-0.4, -0.2) is 27.7 Å². The van der Waals surface area contributed by atoms with Gasteiger partial charge in [-0.2, -0.15) is 13.2 Å². The Morgan fingerprint density at radius 1 is 1.44 bits per heavy atom. The Kier molecular flexibility index (Phi) is 3.61. The Morgan fingerprint density at radius 3 is 2.61 bits per heavy atom. The van der Waals surface area contributed by atoms with Gasteiger partial charge in [-0.15, -0.1) is 5.10 Å². The lowest BCUT2D eigenvalue weighted by molar-refractivity contribution is -0.166. The summed E-state index contributed by atoms with van der Waals surface area (Å²) in [7, 11) is 0. The van der Waals surface area contributed by atoms with E-state index in [-0.39, 0.29) is 0 Å². The van der Waals surface area contributed by atoms with E-state index in [1.54, 1.807) is 0 Å². The summed E-state index contributed by atoms with van der Waals surface area (Å²) in [4.78, 5) is 0. The molecule has 1 unspecified atom stereocenters. The molecule has 0 saturated heterocycles. The summed E-state index contributed by atoms with van der Waals surface area (Å²) in [5, 5.41) is 7.53. The van der Waals surface area contributed by atoms with Crippen molar-refractivity contribution in [2.75, 3.05) is 6.54 Å². The molecule has 7 heteroatoms. The van der Waals surface area contributed by atoms with Gasteiger partial charge in [0, 0.05) is 6.42 Å². The van der Waals surface area contributed by atoms with Gasteiger partial charge in [0.1, 0.15) is 6.04 Å². The first-order valence-corrected chi connectivity index (χ1v) is 6.13. The van der Waals surface area contributed by atoms with Crippen molar-refractivity contribution in [1.29, 1.82) is 0 Å². The first-order valence-electron chi connectivity index (χ1n) is 6.13. The zero-order valence-electron chi connectivity index (χ0n) is 10.2. The number of hydrogen-bond donors (Lipinski definition) is 1. The molecule has 0 amide bonds. The minimum atomic E-state index is -4.30. The minimum Gasteiger partial charge on any atom is -0.330 e. The molecular formula is C11H17F3N4. The average Bonchev–Trinajstić information content (AvgIpc) is 3.01. The van der Waals surface area contributed by atoms with E-state index in [1.165, 1.54) is 0 Å². The molecule has 0 radical (unpaired) electrons. The largest absolute Gasteiger partial charge is 0.410 e. The normalized spacial score (nSPS) is 18.1. The van der Waals surface area contributed by atoms with Crippen molar-refractivity contribution < 1.29 is 13.2 Å². The molecule has 1 heterocycles. The maximum Gasteiger partial charge on any atom is 0.410 e. The van der Waals surface area contributed by atoms with E-state index < -0.39 is 12.2 Å². The highest BCUT2D eigenvalue weighted by molar-refractivity contribution is 5.14. The van der Waals surface area contributed by atoms with Gasteiger partial charge in [0.2, 0.25) is 0 Å². The molecule has 1 aliphatic rings. The van der Waals surface area contributed by atoms with Crippen molar-refractivity contribution in [1.82, 2.24) is 15.0 Å². The summed E-state index contributed by atoms with van der Waals surface area (Å²) in [5.41, 5.74) is 6.66. The first kappa shape index (κ1) is 13.3. The molecule has 0 aliphatic heterocycles. The van der Waals surface area contributed by atoms with E-state index in [4.69, 9.17) is 5.73 Å². The summed E-state index contributed by atoms with van der Waals surface area (Å²) < 4.78 is 39.3. The lowest BCUT2D eigenvalue weighted by atomic mass is 10.1. The quantitative estimate of drug-likeness (QED) is 0.881. The smallest absolute Gasteiger partial charge is 0.330 e. The second-order valence-electron chi connectivity index (χ2n) is 4.83. The standard InChI is InChI=1S/C11H17F3N4/c1-7(11(12,13)14)18-10(6-8-2-3-8)9(4-5-15)16-17-18/h7-8H,2-6,15H2,1H3. The van der Waals surface area contributed by atoms with Crippen molar-refractivity contribution in [2.24, 2.45) is 11.7 Å². The van der Waals surface area contributed by atoms with Crippen LogP contribution in [0, 0.1) is 5.92 Å². The average molecular weight is 262 g/mol. The molecule has 1 atom stereocenters. The van der Waals surface area contributed by atoms with E-state index in [2.05, 4.69) is 10.3 Å². The SMILES string of the molecule is CC(n1nnc(CCN)c1CC1CC1)C(F)(F)F. The highest BCUT2D eigenvalue weighted by Gasteiger charge is 2.40. The van der Waals surface area contributed by atoms with Gasteiger partial charge in [-0.1, -0.05) is 5.21 Å². The van der Waals surface area contributed by atoms with Crippen LogP contribution in [0.4, 0.5) is 13.2 Å². The molecule has 102 valence electrons. The van der Waals surface area contributed by atoms with Crippen LogP contribution >= 0.6 is 0 Å². The first-order chi connectivity index (χ1) is 8.43. The number of rotatable bonds is 5. The number of halogens is 3. The molecule has 0 aromatic carbocycles. The predicted octanol–water partition coefficient (Wildman–Crippen LogP) is 1.86. The van der Waals surface area contributed by atoms with Gasteiger partial charge in [0.25, 0.3) is 0 Å². The van der Waals surface area contributed by atoms with Crippen LogP contribution in [0.5, 0.6) is 0 Å². The lowest BCUT2D eigenvalue weighted by Crippen LogP contribution is -2.26. The fourth-order valence-electron chi connectivity index (χ4n) is 1.93. The van der Waals surface area contributed by atoms with Crippen LogP contribution in [0.1, 0.15) is 37.2 Å². The summed E-state index contributed by atoms with van der Waals surface area (Å²) in [6, 6.07) is -1.63. The Morgan fingerprint density at radius 2 is 2.11 bits per heavy atom. The van der Waals surface area contributed by atoms with Crippen LogP contribution < -0.4 is 5.73 Å². The van der Waals surface area contributed by atoms with Crippen molar-refractivity contribution in [2.45, 2.75) is 44.8 Å². The predicted molar refractivity (Wildman–Crippen MR) is 60.0 cm³/mol. The maximum atomic E-state index is 12.7. The molecule has 1 saturated carbocycles. The minimum absolute atomic E-state index is 0.372. The molecule has 1 aromatic heterocycles. The van der Waals surface area contributed by atoms with Gasteiger partial charge in [0.15, 0.2) is 0 Å². The molecule has 18 heavy (non-hydrogen) atoms. The number of alkyl halides is 3. The van der Waals surface area contributed by atoms with Crippen molar-refractivity contribution >= 4 is 0 Å². The molecular weight excluding hydrogens is 245 g/mol. The van der Waals surface area contributed by atoms with Crippen LogP contribution in [0.2, 0.25) is 0 Å². The van der Waals surface area contributed by atoms with Crippen LogP contribution in [0.3, 0.4) is 0 Å². The number of aromatic nitrogens is 3. The highest BCUT2D eigenvalue weighted by Crippen LogP contribution is 2.36. The Labute approximate surface area is 103 Å². The lowest BCUT2D eigenvalue weighted by Gasteiger charge is -2.18. The third-order valence-corrected chi connectivity index (χ3v) is 3.27. The monoisotopic (exact) mass is 262 g/mol. The Balaban J connectivity index is 2.27. The van der Waals surface area contributed by atoms with Gasteiger partial charge in [-0.25, -0.2) is 4.68 Å². The summed E-state index contributed by atoms with van der Waals surface area (Å²) >= 11 is 0. The van der Waals surface area contributed by atoms with Gasteiger partial charge in [-0.05, 0) is 38.6 Å². The molecule has 4 nitrogen and oxygen atoms in total. The molecule has 0 bridgehead atoms. The second kappa shape index (κ2) is 4.87. The van der Waals surface area contributed by atoms with Crippen LogP contribution in [0.25, 0.3) is 0 Å².